The molecule has 0 unspecified atom stereocenters. The molecule has 1 N–H and O–H groups in total. The van der Waals surface area contributed by atoms with Gasteiger partial charge in [-0.2, -0.15) is 0 Å². The molecule has 1 aliphatic heterocycles. The fourth-order valence-electron chi connectivity index (χ4n) is 1.97. The number of nitrogens with one attached hydrogen (secondary N) is 1. The standard InChI is InChI=1S/C13H26N2O/c1-4-13(2,3)14-12(16)8-11-15-9-6-5-7-10-15/h4-11H2,1-3H3,(H,14,16). The highest BCUT2D eigenvalue weighted by Gasteiger charge is 2.18. The lowest BCUT2D eigenvalue weighted by molar-refractivity contribution is -0.123. The average molecular weight is 226 g/mol. The van der Waals surface area contributed by atoms with E-state index in [1.165, 1.54) is 32.4 Å². The summed E-state index contributed by atoms with van der Waals surface area (Å²) in [6.07, 6.45) is 5.56. The van der Waals surface area contributed by atoms with E-state index in [9.17, 15) is 4.79 Å². The van der Waals surface area contributed by atoms with E-state index in [4.69, 9.17) is 0 Å². The molecule has 3 nitrogen and oxygen atoms in total. The van der Waals surface area contributed by atoms with Crippen LogP contribution in [0.15, 0.2) is 0 Å². The quantitative estimate of drug-likeness (QED) is 0.779. The van der Waals surface area contributed by atoms with Crippen molar-refractivity contribution in [3.63, 3.8) is 0 Å². The number of carbonyl (C=O) groups excluding carboxylic acids is 1. The van der Waals surface area contributed by atoms with Crippen LogP contribution < -0.4 is 5.32 Å². The zero-order valence-electron chi connectivity index (χ0n) is 11.0. The maximum absolute atomic E-state index is 11.7. The fraction of sp³-hybridized carbons (Fsp3) is 0.923. The van der Waals surface area contributed by atoms with Crippen molar-refractivity contribution in [2.24, 2.45) is 0 Å². The Labute approximate surface area is 99.6 Å². The van der Waals surface area contributed by atoms with Crippen molar-refractivity contribution in [3.8, 4) is 0 Å². The molecule has 0 saturated carbocycles. The molecule has 1 fully saturated rings. The van der Waals surface area contributed by atoms with E-state index in [0.717, 1.165) is 13.0 Å². The van der Waals surface area contributed by atoms with Gasteiger partial charge in [0.25, 0.3) is 0 Å². The number of piperidine rings is 1. The first-order valence-corrected chi connectivity index (χ1v) is 6.57. The van der Waals surface area contributed by atoms with Gasteiger partial charge in [0.15, 0.2) is 0 Å². The minimum absolute atomic E-state index is 0.0566. The second-order valence-corrected chi connectivity index (χ2v) is 5.44. The van der Waals surface area contributed by atoms with Gasteiger partial charge in [-0.05, 0) is 46.2 Å². The van der Waals surface area contributed by atoms with Crippen LogP contribution in [-0.2, 0) is 4.79 Å². The van der Waals surface area contributed by atoms with E-state index in [1.54, 1.807) is 0 Å². The molecule has 0 aromatic rings. The Morgan fingerprint density at radius 1 is 1.25 bits per heavy atom. The Bertz CT molecular complexity index is 220. The summed E-state index contributed by atoms with van der Waals surface area (Å²) < 4.78 is 0. The zero-order valence-corrected chi connectivity index (χ0v) is 11.0. The summed E-state index contributed by atoms with van der Waals surface area (Å²) in [4.78, 5) is 14.1. The van der Waals surface area contributed by atoms with Gasteiger partial charge in [0, 0.05) is 18.5 Å². The van der Waals surface area contributed by atoms with Gasteiger partial charge >= 0.3 is 0 Å². The van der Waals surface area contributed by atoms with Gasteiger partial charge in [-0.3, -0.25) is 4.79 Å². The average Bonchev–Trinajstić information content (AvgIpc) is 2.27. The van der Waals surface area contributed by atoms with Crippen LogP contribution in [0.1, 0.15) is 52.9 Å². The summed E-state index contributed by atoms with van der Waals surface area (Å²) >= 11 is 0. The molecule has 0 aliphatic carbocycles. The number of hydrogen-bond acceptors (Lipinski definition) is 2. The highest BCUT2D eigenvalue weighted by Crippen LogP contribution is 2.10. The van der Waals surface area contributed by atoms with E-state index < -0.39 is 0 Å². The van der Waals surface area contributed by atoms with E-state index in [0.29, 0.717) is 6.42 Å². The second-order valence-electron chi connectivity index (χ2n) is 5.44. The number of hydrogen-bond donors (Lipinski definition) is 1. The molecule has 0 aromatic heterocycles. The minimum atomic E-state index is -0.0566. The van der Waals surface area contributed by atoms with E-state index in [-0.39, 0.29) is 11.4 Å². The van der Waals surface area contributed by atoms with Crippen LogP contribution >= 0.6 is 0 Å². The number of nitrogens with zero attached hydrogens (tertiary/aromatic N) is 1. The zero-order chi connectivity index (χ0) is 12.0. The molecule has 94 valence electrons. The van der Waals surface area contributed by atoms with Crippen molar-refractivity contribution in [1.82, 2.24) is 10.2 Å². The molecule has 0 spiro atoms. The lowest BCUT2D eigenvalue weighted by Gasteiger charge is -2.28. The Kier molecular flexibility index (Phi) is 5.26. The third-order valence-corrected chi connectivity index (χ3v) is 3.47. The van der Waals surface area contributed by atoms with Crippen LogP contribution in [-0.4, -0.2) is 36.0 Å². The van der Waals surface area contributed by atoms with Crippen LogP contribution in [0, 0.1) is 0 Å². The van der Waals surface area contributed by atoms with Gasteiger partial charge in [0.1, 0.15) is 0 Å². The third kappa shape index (κ3) is 4.97. The molecule has 0 bridgehead atoms. The largest absolute Gasteiger partial charge is 0.351 e. The van der Waals surface area contributed by atoms with Gasteiger partial charge in [-0.25, -0.2) is 0 Å². The number of amides is 1. The van der Waals surface area contributed by atoms with E-state index in [1.807, 2.05) is 0 Å². The molecule has 0 atom stereocenters. The number of carbonyl (C=O) groups is 1. The SMILES string of the molecule is CCC(C)(C)NC(=O)CCN1CCCCC1. The molecule has 0 radical (unpaired) electrons. The maximum atomic E-state index is 11.7. The molecular formula is C13H26N2O. The predicted octanol–water partition coefficient (Wildman–Crippen LogP) is 2.17. The monoisotopic (exact) mass is 226 g/mol. The summed E-state index contributed by atoms with van der Waals surface area (Å²) in [6.45, 7) is 9.52. The molecule has 1 aliphatic rings. The summed E-state index contributed by atoms with van der Waals surface area (Å²) in [5.41, 5.74) is -0.0566. The minimum Gasteiger partial charge on any atom is -0.351 e. The van der Waals surface area contributed by atoms with Gasteiger partial charge in [0.2, 0.25) is 5.91 Å². The van der Waals surface area contributed by atoms with Crippen molar-refractivity contribution in [2.45, 2.75) is 58.4 Å². The lowest BCUT2D eigenvalue weighted by atomic mass is 10.0. The van der Waals surface area contributed by atoms with Gasteiger partial charge in [-0.1, -0.05) is 13.3 Å². The molecular weight excluding hydrogens is 200 g/mol. The topological polar surface area (TPSA) is 32.3 Å². The summed E-state index contributed by atoms with van der Waals surface area (Å²) in [5.74, 6) is 0.192. The Morgan fingerprint density at radius 2 is 1.88 bits per heavy atom. The Balaban J connectivity index is 2.19. The first-order chi connectivity index (χ1) is 7.53. The van der Waals surface area contributed by atoms with Gasteiger partial charge < -0.3 is 10.2 Å². The van der Waals surface area contributed by atoms with Crippen molar-refractivity contribution in [2.75, 3.05) is 19.6 Å². The van der Waals surface area contributed by atoms with Crippen molar-refractivity contribution >= 4 is 5.91 Å². The Morgan fingerprint density at radius 3 is 2.44 bits per heavy atom. The second kappa shape index (κ2) is 6.24. The number of likely N-dealkylation sites (tertiary alicyclic amines) is 1. The summed E-state index contributed by atoms with van der Waals surface area (Å²) in [6, 6.07) is 0. The van der Waals surface area contributed by atoms with E-state index in [2.05, 4.69) is 31.0 Å². The lowest BCUT2D eigenvalue weighted by Crippen LogP contribution is -2.44. The van der Waals surface area contributed by atoms with E-state index >= 15 is 0 Å². The van der Waals surface area contributed by atoms with Crippen molar-refractivity contribution in [1.29, 1.82) is 0 Å². The molecule has 1 heterocycles. The highest BCUT2D eigenvalue weighted by atomic mass is 16.1. The fourth-order valence-corrected chi connectivity index (χ4v) is 1.97. The first kappa shape index (κ1) is 13.5. The smallest absolute Gasteiger partial charge is 0.221 e. The maximum Gasteiger partial charge on any atom is 0.221 e. The highest BCUT2D eigenvalue weighted by molar-refractivity contribution is 5.76. The molecule has 0 aromatic carbocycles. The summed E-state index contributed by atoms with van der Waals surface area (Å²) in [5, 5.41) is 3.08. The molecule has 16 heavy (non-hydrogen) atoms. The van der Waals surface area contributed by atoms with Crippen LogP contribution in [0.25, 0.3) is 0 Å². The van der Waals surface area contributed by atoms with Crippen molar-refractivity contribution in [3.05, 3.63) is 0 Å². The molecule has 1 saturated heterocycles. The van der Waals surface area contributed by atoms with Crippen LogP contribution in [0.4, 0.5) is 0 Å². The molecule has 3 heteroatoms. The predicted molar refractivity (Wildman–Crippen MR) is 67.4 cm³/mol. The molecule has 1 amide bonds. The summed E-state index contributed by atoms with van der Waals surface area (Å²) in [7, 11) is 0. The van der Waals surface area contributed by atoms with Crippen LogP contribution in [0.2, 0.25) is 0 Å². The van der Waals surface area contributed by atoms with Crippen LogP contribution in [0.5, 0.6) is 0 Å². The normalized spacial score (nSPS) is 18.4. The Hall–Kier alpha value is -0.570. The van der Waals surface area contributed by atoms with Gasteiger partial charge in [-0.15, -0.1) is 0 Å². The number of rotatable bonds is 5. The first-order valence-electron chi connectivity index (χ1n) is 6.57. The van der Waals surface area contributed by atoms with Crippen molar-refractivity contribution < 1.29 is 4.79 Å². The van der Waals surface area contributed by atoms with Crippen LogP contribution in [0.3, 0.4) is 0 Å². The van der Waals surface area contributed by atoms with Gasteiger partial charge in [0.05, 0.1) is 0 Å². The molecule has 1 rings (SSSR count). The third-order valence-electron chi connectivity index (χ3n) is 3.47.